The molecular formula is C9H14F3N3O. The lowest BCUT2D eigenvalue weighted by atomic mass is 10.0. The van der Waals surface area contributed by atoms with Crippen molar-refractivity contribution in [3.63, 3.8) is 0 Å². The molecule has 16 heavy (non-hydrogen) atoms. The third kappa shape index (κ3) is 3.49. The van der Waals surface area contributed by atoms with Gasteiger partial charge in [0.15, 0.2) is 5.69 Å². The van der Waals surface area contributed by atoms with Crippen LogP contribution in [0.1, 0.15) is 19.0 Å². The molecule has 4 nitrogen and oxygen atoms in total. The van der Waals surface area contributed by atoms with E-state index >= 15 is 0 Å². The van der Waals surface area contributed by atoms with Gasteiger partial charge in [0.05, 0.1) is 5.60 Å². The maximum atomic E-state index is 12.2. The highest BCUT2D eigenvalue weighted by Gasteiger charge is 2.33. The first-order valence-electron chi connectivity index (χ1n) is 4.78. The standard InChI is InChI=1S/C9H14F3N3O/c1-8(16,6-13)3-5-15-4-2-7(14-15)9(10,11)12/h2,4,16H,3,5-6,13H2,1H3. The van der Waals surface area contributed by atoms with Gasteiger partial charge in [-0.15, -0.1) is 0 Å². The molecule has 0 saturated carbocycles. The van der Waals surface area contributed by atoms with Crippen LogP contribution in [-0.4, -0.2) is 27.0 Å². The number of aromatic nitrogens is 2. The first-order valence-corrected chi connectivity index (χ1v) is 4.78. The Morgan fingerprint density at radius 3 is 2.56 bits per heavy atom. The van der Waals surface area contributed by atoms with Gasteiger partial charge in [-0.3, -0.25) is 4.68 Å². The van der Waals surface area contributed by atoms with E-state index < -0.39 is 17.5 Å². The van der Waals surface area contributed by atoms with E-state index in [2.05, 4.69) is 5.10 Å². The van der Waals surface area contributed by atoms with Gasteiger partial charge < -0.3 is 10.8 Å². The van der Waals surface area contributed by atoms with Gasteiger partial charge in [-0.05, 0) is 19.4 Å². The van der Waals surface area contributed by atoms with Gasteiger partial charge in [-0.2, -0.15) is 18.3 Å². The van der Waals surface area contributed by atoms with Crippen LogP contribution in [0.2, 0.25) is 0 Å². The summed E-state index contributed by atoms with van der Waals surface area (Å²) in [6, 6.07) is 0.900. The number of aliphatic hydroxyl groups is 1. The summed E-state index contributed by atoms with van der Waals surface area (Å²) in [4.78, 5) is 0. The molecule has 0 spiro atoms. The Labute approximate surface area is 90.9 Å². The van der Waals surface area contributed by atoms with Gasteiger partial charge in [0, 0.05) is 19.3 Å². The average Bonchev–Trinajstić information content (AvgIpc) is 2.63. The first kappa shape index (κ1) is 13.0. The van der Waals surface area contributed by atoms with Crippen LogP contribution in [-0.2, 0) is 12.7 Å². The van der Waals surface area contributed by atoms with Crippen molar-refractivity contribution in [3.05, 3.63) is 18.0 Å². The fraction of sp³-hybridized carbons (Fsp3) is 0.667. The van der Waals surface area contributed by atoms with Crippen LogP contribution in [0.4, 0.5) is 13.2 Å². The molecule has 1 heterocycles. The summed E-state index contributed by atoms with van der Waals surface area (Å²) in [5, 5.41) is 12.9. The van der Waals surface area contributed by atoms with Crippen LogP contribution in [0.5, 0.6) is 0 Å². The summed E-state index contributed by atoms with van der Waals surface area (Å²) in [7, 11) is 0. The smallest absolute Gasteiger partial charge is 0.389 e. The maximum Gasteiger partial charge on any atom is 0.435 e. The molecule has 3 N–H and O–H groups in total. The first-order chi connectivity index (χ1) is 7.24. The van der Waals surface area contributed by atoms with Crippen molar-refractivity contribution in [3.8, 4) is 0 Å². The van der Waals surface area contributed by atoms with Crippen molar-refractivity contribution >= 4 is 0 Å². The molecule has 0 aliphatic heterocycles. The lowest BCUT2D eigenvalue weighted by Crippen LogP contribution is -2.35. The van der Waals surface area contributed by atoms with Crippen molar-refractivity contribution < 1.29 is 18.3 Å². The van der Waals surface area contributed by atoms with E-state index in [9.17, 15) is 18.3 Å². The molecule has 0 bridgehead atoms. The Kier molecular flexibility index (Phi) is 3.59. The highest BCUT2D eigenvalue weighted by Crippen LogP contribution is 2.27. The third-order valence-corrected chi connectivity index (χ3v) is 2.25. The molecule has 0 aromatic carbocycles. The number of alkyl halides is 3. The highest BCUT2D eigenvalue weighted by atomic mass is 19.4. The summed E-state index contributed by atoms with van der Waals surface area (Å²) >= 11 is 0. The van der Waals surface area contributed by atoms with Crippen LogP contribution in [0, 0.1) is 0 Å². The van der Waals surface area contributed by atoms with Gasteiger partial charge in [0.2, 0.25) is 0 Å². The van der Waals surface area contributed by atoms with E-state index in [1.165, 1.54) is 13.1 Å². The number of aryl methyl sites for hydroxylation is 1. The number of halogens is 3. The van der Waals surface area contributed by atoms with Crippen LogP contribution in [0.25, 0.3) is 0 Å². The number of rotatable bonds is 4. The molecule has 1 aromatic heterocycles. The van der Waals surface area contributed by atoms with Gasteiger partial charge in [-0.1, -0.05) is 0 Å². The van der Waals surface area contributed by atoms with E-state index in [4.69, 9.17) is 5.73 Å². The van der Waals surface area contributed by atoms with Crippen LogP contribution in [0.15, 0.2) is 12.3 Å². The Morgan fingerprint density at radius 1 is 1.50 bits per heavy atom. The van der Waals surface area contributed by atoms with Gasteiger partial charge in [0.1, 0.15) is 0 Å². The van der Waals surface area contributed by atoms with Gasteiger partial charge in [0.25, 0.3) is 0 Å². The Morgan fingerprint density at radius 2 is 2.12 bits per heavy atom. The number of nitrogens with zero attached hydrogens (tertiary/aromatic N) is 2. The molecule has 1 atom stereocenters. The topological polar surface area (TPSA) is 64.1 Å². The quantitative estimate of drug-likeness (QED) is 0.821. The van der Waals surface area contributed by atoms with Gasteiger partial charge >= 0.3 is 6.18 Å². The minimum absolute atomic E-state index is 0.0559. The number of hydrogen-bond acceptors (Lipinski definition) is 3. The van der Waals surface area contributed by atoms with Crippen molar-refractivity contribution in [2.24, 2.45) is 5.73 Å². The molecule has 0 aliphatic rings. The summed E-state index contributed by atoms with van der Waals surface area (Å²) in [6.45, 7) is 1.78. The zero-order valence-electron chi connectivity index (χ0n) is 8.83. The maximum absolute atomic E-state index is 12.2. The fourth-order valence-corrected chi connectivity index (χ4v) is 1.09. The Bertz CT molecular complexity index is 346. The third-order valence-electron chi connectivity index (χ3n) is 2.25. The second-order valence-corrected chi connectivity index (χ2v) is 3.91. The Hall–Kier alpha value is -1.08. The zero-order valence-corrected chi connectivity index (χ0v) is 8.83. The lowest BCUT2D eigenvalue weighted by Gasteiger charge is -2.20. The van der Waals surface area contributed by atoms with Crippen LogP contribution >= 0.6 is 0 Å². The average molecular weight is 237 g/mol. The van der Waals surface area contributed by atoms with E-state index in [0.717, 1.165) is 10.7 Å². The highest BCUT2D eigenvalue weighted by molar-refractivity contribution is 5.03. The molecule has 7 heteroatoms. The molecule has 0 amide bonds. The van der Waals surface area contributed by atoms with E-state index in [1.807, 2.05) is 0 Å². The predicted molar refractivity (Wildman–Crippen MR) is 51.5 cm³/mol. The van der Waals surface area contributed by atoms with Crippen molar-refractivity contribution in [2.75, 3.05) is 6.54 Å². The minimum Gasteiger partial charge on any atom is -0.389 e. The van der Waals surface area contributed by atoms with E-state index in [0.29, 0.717) is 0 Å². The van der Waals surface area contributed by atoms with Crippen LogP contribution < -0.4 is 5.73 Å². The fourth-order valence-electron chi connectivity index (χ4n) is 1.09. The molecule has 0 radical (unpaired) electrons. The van der Waals surface area contributed by atoms with Crippen molar-refractivity contribution in [2.45, 2.75) is 31.7 Å². The van der Waals surface area contributed by atoms with E-state index in [-0.39, 0.29) is 19.5 Å². The molecule has 0 saturated heterocycles. The van der Waals surface area contributed by atoms with Crippen molar-refractivity contribution in [1.82, 2.24) is 9.78 Å². The molecule has 92 valence electrons. The van der Waals surface area contributed by atoms with E-state index in [1.54, 1.807) is 0 Å². The summed E-state index contributed by atoms with van der Waals surface area (Å²) in [5.41, 5.74) is 3.28. The lowest BCUT2D eigenvalue weighted by molar-refractivity contribution is -0.141. The normalized spacial score (nSPS) is 16.1. The minimum atomic E-state index is -4.43. The number of hydrogen-bond donors (Lipinski definition) is 2. The largest absolute Gasteiger partial charge is 0.435 e. The summed E-state index contributed by atoms with van der Waals surface area (Å²) < 4.78 is 37.7. The number of nitrogens with two attached hydrogens (primary N) is 1. The van der Waals surface area contributed by atoms with Crippen molar-refractivity contribution in [1.29, 1.82) is 0 Å². The zero-order chi connectivity index (χ0) is 12.4. The monoisotopic (exact) mass is 237 g/mol. The molecule has 0 fully saturated rings. The van der Waals surface area contributed by atoms with Crippen LogP contribution in [0.3, 0.4) is 0 Å². The summed E-state index contributed by atoms with van der Waals surface area (Å²) in [5.74, 6) is 0. The molecule has 1 unspecified atom stereocenters. The SMILES string of the molecule is CC(O)(CN)CCn1ccc(C(F)(F)F)n1. The molecular weight excluding hydrogens is 223 g/mol. The predicted octanol–water partition coefficient (Wildman–Crippen LogP) is 1.00. The molecule has 1 rings (SSSR count). The molecule has 0 aliphatic carbocycles. The Balaban J connectivity index is 2.60. The molecule has 1 aromatic rings. The van der Waals surface area contributed by atoms with Gasteiger partial charge in [-0.25, -0.2) is 0 Å². The summed E-state index contributed by atoms with van der Waals surface area (Å²) in [6.07, 6.45) is -2.94. The second-order valence-electron chi connectivity index (χ2n) is 3.91. The second kappa shape index (κ2) is 4.42.